The van der Waals surface area contributed by atoms with Crippen LogP contribution in [0.2, 0.25) is 0 Å². The van der Waals surface area contributed by atoms with E-state index in [4.69, 9.17) is 5.73 Å². The van der Waals surface area contributed by atoms with Crippen LogP contribution in [0.4, 0.5) is 5.69 Å². The van der Waals surface area contributed by atoms with Crippen LogP contribution < -0.4 is 11.1 Å². The molecule has 3 aromatic rings. The van der Waals surface area contributed by atoms with Crippen LogP contribution in [0.5, 0.6) is 0 Å². The molecule has 0 radical (unpaired) electrons. The van der Waals surface area contributed by atoms with E-state index in [0.717, 1.165) is 22.4 Å². The van der Waals surface area contributed by atoms with Crippen LogP contribution in [0, 0.1) is 0 Å². The van der Waals surface area contributed by atoms with Crippen LogP contribution in [0.25, 0.3) is 11.1 Å². The topological polar surface area (TPSA) is 88.2 Å². The molecular formula is C20H19N3O2. The first-order valence-corrected chi connectivity index (χ1v) is 7.95. The number of aliphatic hydroxyl groups is 1. The zero-order valence-corrected chi connectivity index (χ0v) is 13.6. The Bertz CT molecular complexity index is 848. The van der Waals surface area contributed by atoms with Crippen molar-refractivity contribution >= 4 is 11.6 Å². The number of aromatic nitrogens is 1. The van der Waals surface area contributed by atoms with Crippen molar-refractivity contribution < 1.29 is 9.90 Å². The van der Waals surface area contributed by atoms with Crippen molar-refractivity contribution in [3.63, 3.8) is 0 Å². The van der Waals surface area contributed by atoms with E-state index in [1.54, 1.807) is 24.5 Å². The van der Waals surface area contributed by atoms with Gasteiger partial charge in [-0.2, -0.15) is 0 Å². The third kappa shape index (κ3) is 4.02. The molecule has 4 N–H and O–H groups in total. The van der Waals surface area contributed by atoms with Crippen molar-refractivity contribution in [3.05, 3.63) is 84.2 Å². The summed E-state index contributed by atoms with van der Waals surface area (Å²) >= 11 is 0. The SMILES string of the molecule is NC(=O)c1ccc(-c2cncc(N[C@@H](CO)c3ccccc3)c2)cc1. The number of pyridine rings is 1. The van der Waals surface area contributed by atoms with Gasteiger partial charge in [-0.15, -0.1) is 0 Å². The lowest BCUT2D eigenvalue weighted by molar-refractivity contribution is 0.100. The second-order valence-electron chi connectivity index (χ2n) is 5.69. The molecule has 1 heterocycles. The predicted octanol–water partition coefficient (Wildman–Crippen LogP) is 2.99. The van der Waals surface area contributed by atoms with Crippen molar-refractivity contribution in [2.45, 2.75) is 6.04 Å². The molecular weight excluding hydrogens is 314 g/mol. The minimum atomic E-state index is -0.450. The Hall–Kier alpha value is -3.18. The summed E-state index contributed by atoms with van der Waals surface area (Å²) in [5, 5.41) is 13.0. The summed E-state index contributed by atoms with van der Waals surface area (Å²) in [5.74, 6) is -0.450. The highest BCUT2D eigenvalue weighted by molar-refractivity contribution is 5.93. The molecule has 1 aromatic heterocycles. The van der Waals surface area contributed by atoms with Gasteiger partial charge in [0.15, 0.2) is 0 Å². The maximum Gasteiger partial charge on any atom is 0.248 e. The molecule has 5 heteroatoms. The first-order valence-electron chi connectivity index (χ1n) is 7.95. The molecule has 0 bridgehead atoms. The summed E-state index contributed by atoms with van der Waals surface area (Å²) in [6, 6.07) is 18.5. The van der Waals surface area contributed by atoms with Crippen molar-refractivity contribution in [1.29, 1.82) is 0 Å². The van der Waals surface area contributed by atoms with Gasteiger partial charge in [0, 0.05) is 23.5 Å². The lowest BCUT2D eigenvalue weighted by Gasteiger charge is -2.18. The van der Waals surface area contributed by atoms with Crippen LogP contribution in [0.3, 0.4) is 0 Å². The van der Waals surface area contributed by atoms with E-state index in [9.17, 15) is 9.90 Å². The largest absolute Gasteiger partial charge is 0.394 e. The Labute approximate surface area is 146 Å². The maximum absolute atomic E-state index is 11.2. The monoisotopic (exact) mass is 333 g/mol. The van der Waals surface area contributed by atoms with Crippen molar-refractivity contribution in [2.75, 3.05) is 11.9 Å². The normalized spacial score (nSPS) is 11.7. The van der Waals surface area contributed by atoms with Gasteiger partial charge in [-0.25, -0.2) is 0 Å². The molecule has 0 aliphatic heterocycles. The summed E-state index contributed by atoms with van der Waals surface area (Å²) < 4.78 is 0. The fourth-order valence-electron chi connectivity index (χ4n) is 2.62. The van der Waals surface area contributed by atoms with Gasteiger partial charge in [-0.1, -0.05) is 42.5 Å². The Kier molecular flexibility index (Phi) is 5.06. The lowest BCUT2D eigenvalue weighted by atomic mass is 10.0. The highest BCUT2D eigenvalue weighted by Gasteiger charge is 2.10. The minimum Gasteiger partial charge on any atom is -0.394 e. The van der Waals surface area contributed by atoms with Gasteiger partial charge in [-0.05, 0) is 29.3 Å². The second-order valence-corrected chi connectivity index (χ2v) is 5.69. The molecule has 0 aliphatic rings. The number of primary amides is 1. The summed E-state index contributed by atoms with van der Waals surface area (Å²) in [6.07, 6.45) is 3.47. The molecule has 0 aliphatic carbocycles. The van der Waals surface area contributed by atoms with E-state index in [1.165, 1.54) is 0 Å². The van der Waals surface area contributed by atoms with Gasteiger partial charge in [0.05, 0.1) is 18.3 Å². The molecule has 1 amide bonds. The number of benzene rings is 2. The Morgan fingerprint density at radius 2 is 1.76 bits per heavy atom. The first kappa shape index (κ1) is 16.7. The van der Waals surface area contributed by atoms with E-state index >= 15 is 0 Å². The van der Waals surface area contributed by atoms with E-state index in [0.29, 0.717) is 5.56 Å². The number of aliphatic hydroxyl groups excluding tert-OH is 1. The van der Waals surface area contributed by atoms with Crippen LogP contribution in [-0.4, -0.2) is 22.6 Å². The van der Waals surface area contributed by atoms with Crippen LogP contribution in [-0.2, 0) is 0 Å². The molecule has 3 rings (SSSR count). The van der Waals surface area contributed by atoms with Crippen LogP contribution in [0.15, 0.2) is 73.1 Å². The molecule has 25 heavy (non-hydrogen) atoms. The minimum absolute atomic E-state index is 0.0262. The Morgan fingerprint density at radius 3 is 2.40 bits per heavy atom. The molecule has 0 spiro atoms. The zero-order chi connectivity index (χ0) is 17.6. The number of carbonyl (C=O) groups is 1. The Balaban J connectivity index is 1.82. The molecule has 1 atom stereocenters. The highest BCUT2D eigenvalue weighted by atomic mass is 16.3. The number of hydrogen-bond acceptors (Lipinski definition) is 4. The molecule has 0 saturated carbocycles. The highest BCUT2D eigenvalue weighted by Crippen LogP contribution is 2.24. The number of amides is 1. The number of anilines is 1. The predicted molar refractivity (Wildman–Crippen MR) is 98.1 cm³/mol. The fraction of sp³-hybridized carbons (Fsp3) is 0.100. The number of nitrogens with two attached hydrogens (primary N) is 1. The van der Waals surface area contributed by atoms with Gasteiger partial charge in [0.2, 0.25) is 5.91 Å². The van der Waals surface area contributed by atoms with Crippen molar-refractivity contribution in [3.8, 4) is 11.1 Å². The number of hydrogen-bond donors (Lipinski definition) is 3. The number of carbonyl (C=O) groups excluding carboxylic acids is 1. The van der Waals surface area contributed by atoms with Gasteiger partial charge in [0.1, 0.15) is 0 Å². The molecule has 5 nitrogen and oxygen atoms in total. The number of nitrogens with one attached hydrogen (secondary N) is 1. The second kappa shape index (κ2) is 7.59. The van der Waals surface area contributed by atoms with Gasteiger partial charge in [-0.3, -0.25) is 9.78 Å². The fourth-order valence-corrected chi connectivity index (χ4v) is 2.62. The van der Waals surface area contributed by atoms with Gasteiger partial charge >= 0.3 is 0 Å². The summed E-state index contributed by atoms with van der Waals surface area (Å²) in [7, 11) is 0. The summed E-state index contributed by atoms with van der Waals surface area (Å²) in [6.45, 7) is -0.0262. The number of nitrogens with zero attached hydrogens (tertiary/aromatic N) is 1. The molecule has 0 saturated heterocycles. The first-order chi connectivity index (χ1) is 12.2. The average Bonchev–Trinajstić information content (AvgIpc) is 2.67. The number of rotatable bonds is 6. The van der Waals surface area contributed by atoms with E-state index < -0.39 is 5.91 Å². The summed E-state index contributed by atoms with van der Waals surface area (Å²) in [5.41, 5.74) is 9.38. The Morgan fingerprint density at radius 1 is 1.04 bits per heavy atom. The van der Waals surface area contributed by atoms with Crippen molar-refractivity contribution in [1.82, 2.24) is 4.98 Å². The average molecular weight is 333 g/mol. The quantitative estimate of drug-likeness (QED) is 0.647. The van der Waals surface area contributed by atoms with Gasteiger partial charge < -0.3 is 16.2 Å². The molecule has 0 fully saturated rings. The maximum atomic E-state index is 11.2. The summed E-state index contributed by atoms with van der Waals surface area (Å²) in [4.78, 5) is 15.4. The van der Waals surface area contributed by atoms with Crippen molar-refractivity contribution in [2.24, 2.45) is 5.73 Å². The van der Waals surface area contributed by atoms with Crippen LogP contribution in [0.1, 0.15) is 22.0 Å². The van der Waals surface area contributed by atoms with Crippen LogP contribution >= 0.6 is 0 Å². The van der Waals surface area contributed by atoms with E-state index in [1.807, 2.05) is 48.5 Å². The smallest absolute Gasteiger partial charge is 0.248 e. The lowest BCUT2D eigenvalue weighted by Crippen LogP contribution is -2.14. The van der Waals surface area contributed by atoms with Gasteiger partial charge in [0.25, 0.3) is 0 Å². The standard InChI is InChI=1S/C20H19N3O2/c21-20(25)16-8-6-14(7-9-16)17-10-18(12-22-11-17)23-19(13-24)15-4-2-1-3-5-15/h1-12,19,23-24H,13H2,(H2,21,25)/t19-/m0/s1. The molecule has 2 aromatic carbocycles. The molecule has 126 valence electrons. The van der Waals surface area contributed by atoms with E-state index in [2.05, 4.69) is 10.3 Å². The third-order valence-electron chi connectivity index (χ3n) is 3.97. The molecule has 0 unspecified atom stereocenters. The van der Waals surface area contributed by atoms with E-state index in [-0.39, 0.29) is 12.6 Å². The third-order valence-corrected chi connectivity index (χ3v) is 3.97. The zero-order valence-electron chi connectivity index (χ0n) is 13.6.